The van der Waals surface area contributed by atoms with Gasteiger partial charge in [-0.05, 0) is 63.0 Å². The van der Waals surface area contributed by atoms with Crippen LogP contribution < -0.4 is 5.32 Å². The van der Waals surface area contributed by atoms with Gasteiger partial charge in [-0.15, -0.1) is 11.3 Å². The minimum atomic E-state index is -0.547. The summed E-state index contributed by atoms with van der Waals surface area (Å²) in [5.41, 5.74) is 0.227. The van der Waals surface area contributed by atoms with E-state index >= 15 is 0 Å². The second-order valence-corrected chi connectivity index (χ2v) is 9.64. The molecule has 2 atom stereocenters. The standard InChI is InChI=1S/C21H23N3O3S/c1-13-11-28-19(23-13)24-18(26)20-7-14-6-15(8-20)10-21(9-14,12-20)27-17(25)16-4-2-3-5-22-16/h2-5,11,14-15H,6-10,12H2,1H3,(H,23,24,26). The van der Waals surface area contributed by atoms with Gasteiger partial charge in [0.25, 0.3) is 0 Å². The van der Waals surface area contributed by atoms with Crippen molar-refractivity contribution < 1.29 is 14.3 Å². The molecule has 146 valence electrons. The molecule has 2 unspecified atom stereocenters. The van der Waals surface area contributed by atoms with Crippen LogP contribution in [0, 0.1) is 24.2 Å². The van der Waals surface area contributed by atoms with Crippen molar-refractivity contribution in [2.45, 2.75) is 51.0 Å². The van der Waals surface area contributed by atoms with Crippen molar-refractivity contribution >= 4 is 28.3 Å². The van der Waals surface area contributed by atoms with Gasteiger partial charge in [0.2, 0.25) is 5.91 Å². The monoisotopic (exact) mass is 397 g/mol. The van der Waals surface area contributed by atoms with Crippen molar-refractivity contribution in [3.05, 3.63) is 41.2 Å². The van der Waals surface area contributed by atoms with Crippen molar-refractivity contribution in [2.24, 2.45) is 17.3 Å². The second kappa shape index (κ2) is 6.37. The molecule has 0 aromatic carbocycles. The lowest BCUT2D eigenvalue weighted by Gasteiger charge is -2.60. The molecule has 4 fully saturated rings. The summed E-state index contributed by atoms with van der Waals surface area (Å²) in [5, 5.41) is 5.62. The van der Waals surface area contributed by atoms with Crippen molar-refractivity contribution in [1.82, 2.24) is 9.97 Å². The number of esters is 1. The van der Waals surface area contributed by atoms with E-state index in [-0.39, 0.29) is 11.9 Å². The van der Waals surface area contributed by atoms with Gasteiger partial charge in [0, 0.05) is 18.0 Å². The highest BCUT2D eigenvalue weighted by Gasteiger charge is 2.62. The summed E-state index contributed by atoms with van der Waals surface area (Å²) in [6.07, 6.45) is 6.79. The molecule has 6 rings (SSSR count). The van der Waals surface area contributed by atoms with Gasteiger partial charge in [-0.3, -0.25) is 4.79 Å². The zero-order valence-corrected chi connectivity index (χ0v) is 16.6. The Labute approximate surface area is 167 Å². The highest BCUT2D eigenvalue weighted by Crippen LogP contribution is 2.63. The summed E-state index contributed by atoms with van der Waals surface area (Å²) >= 11 is 1.45. The minimum absolute atomic E-state index is 0.0363. The highest BCUT2D eigenvalue weighted by atomic mass is 32.1. The summed E-state index contributed by atoms with van der Waals surface area (Å²) in [7, 11) is 0. The van der Waals surface area contributed by atoms with Crippen molar-refractivity contribution in [2.75, 3.05) is 5.32 Å². The normalized spacial score (nSPS) is 32.9. The second-order valence-electron chi connectivity index (χ2n) is 8.78. The molecule has 4 aliphatic carbocycles. The van der Waals surface area contributed by atoms with Crippen LogP contribution >= 0.6 is 11.3 Å². The van der Waals surface area contributed by atoms with Crippen molar-refractivity contribution in [1.29, 1.82) is 0 Å². The molecule has 4 bridgehead atoms. The van der Waals surface area contributed by atoms with E-state index in [1.165, 1.54) is 11.3 Å². The summed E-state index contributed by atoms with van der Waals surface area (Å²) in [5.74, 6) is 0.519. The molecule has 4 saturated carbocycles. The molecule has 4 aliphatic rings. The number of carbonyl (C=O) groups excluding carboxylic acids is 2. The van der Waals surface area contributed by atoms with Crippen LogP contribution in [0.25, 0.3) is 0 Å². The Hall–Kier alpha value is -2.28. The van der Waals surface area contributed by atoms with E-state index in [1.54, 1.807) is 24.4 Å². The van der Waals surface area contributed by atoms with Crippen LogP contribution in [0.1, 0.15) is 54.7 Å². The molecule has 0 aliphatic heterocycles. The van der Waals surface area contributed by atoms with E-state index in [4.69, 9.17) is 4.74 Å². The molecule has 0 spiro atoms. The molecule has 2 heterocycles. The molecule has 2 aromatic heterocycles. The van der Waals surface area contributed by atoms with Gasteiger partial charge >= 0.3 is 5.97 Å². The van der Waals surface area contributed by atoms with E-state index in [1.807, 2.05) is 12.3 Å². The fourth-order valence-electron chi connectivity index (χ4n) is 5.94. The third-order valence-corrected chi connectivity index (χ3v) is 7.39. The molecule has 1 amide bonds. The predicted octanol–water partition coefficient (Wildman–Crippen LogP) is 3.98. The fraction of sp³-hybridized carbons (Fsp3) is 0.524. The lowest BCUT2D eigenvalue weighted by atomic mass is 9.47. The predicted molar refractivity (Wildman–Crippen MR) is 105 cm³/mol. The topological polar surface area (TPSA) is 81.2 Å². The van der Waals surface area contributed by atoms with Gasteiger partial charge in [-0.25, -0.2) is 14.8 Å². The number of nitrogens with one attached hydrogen (secondary N) is 1. The number of hydrogen-bond acceptors (Lipinski definition) is 6. The van der Waals surface area contributed by atoms with Crippen molar-refractivity contribution in [3.63, 3.8) is 0 Å². The number of ether oxygens (including phenoxy) is 1. The molecule has 1 N–H and O–H groups in total. The Morgan fingerprint density at radius 3 is 2.64 bits per heavy atom. The first kappa shape index (κ1) is 17.8. The number of nitrogens with zero attached hydrogens (tertiary/aromatic N) is 2. The summed E-state index contributed by atoms with van der Waals surface area (Å²) < 4.78 is 6.07. The number of carbonyl (C=O) groups is 2. The molecular weight excluding hydrogens is 374 g/mol. The van der Waals surface area contributed by atoms with Crippen LogP contribution in [0.4, 0.5) is 5.13 Å². The Kier molecular flexibility index (Phi) is 4.05. The maximum absolute atomic E-state index is 13.3. The first-order valence-electron chi connectivity index (χ1n) is 9.83. The van der Waals surface area contributed by atoms with E-state index in [0.29, 0.717) is 29.1 Å². The Morgan fingerprint density at radius 2 is 2.00 bits per heavy atom. The van der Waals surface area contributed by atoms with Crippen LogP contribution in [-0.2, 0) is 9.53 Å². The third kappa shape index (κ3) is 3.02. The number of thiazole rings is 1. The minimum Gasteiger partial charge on any atom is -0.454 e. The van der Waals surface area contributed by atoms with E-state index in [2.05, 4.69) is 15.3 Å². The summed E-state index contributed by atoms with van der Waals surface area (Å²) in [6.45, 7) is 1.92. The Bertz CT molecular complexity index is 912. The zero-order valence-electron chi connectivity index (χ0n) is 15.8. The number of aryl methyl sites for hydroxylation is 1. The number of pyridine rings is 1. The van der Waals surface area contributed by atoms with Crippen LogP contribution in [0.2, 0.25) is 0 Å². The lowest BCUT2D eigenvalue weighted by molar-refractivity contribution is -0.176. The third-order valence-electron chi connectivity index (χ3n) is 6.51. The number of hydrogen-bond donors (Lipinski definition) is 1. The molecular formula is C21H23N3O3S. The Balaban J connectivity index is 1.39. The molecule has 2 aromatic rings. The highest BCUT2D eigenvalue weighted by molar-refractivity contribution is 7.13. The zero-order chi connectivity index (χ0) is 19.4. The number of rotatable bonds is 4. The molecule has 6 nitrogen and oxygen atoms in total. The average molecular weight is 398 g/mol. The summed E-state index contributed by atoms with van der Waals surface area (Å²) in [6, 6.07) is 5.24. The van der Waals surface area contributed by atoms with Gasteiger partial charge in [0.1, 0.15) is 11.3 Å². The maximum Gasteiger partial charge on any atom is 0.357 e. The van der Waals surface area contributed by atoms with Crippen LogP contribution in [0.15, 0.2) is 29.8 Å². The maximum atomic E-state index is 13.3. The van der Waals surface area contributed by atoms with Gasteiger partial charge < -0.3 is 10.1 Å². The van der Waals surface area contributed by atoms with Crippen LogP contribution in [0.5, 0.6) is 0 Å². The van der Waals surface area contributed by atoms with Gasteiger partial charge in [0.05, 0.1) is 11.1 Å². The number of amides is 1. The summed E-state index contributed by atoms with van der Waals surface area (Å²) in [4.78, 5) is 34.5. The van der Waals surface area contributed by atoms with Crippen LogP contribution in [0.3, 0.4) is 0 Å². The number of aromatic nitrogens is 2. The first-order chi connectivity index (χ1) is 13.5. The fourth-order valence-corrected chi connectivity index (χ4v) is 6.62. The van der Waals surface area contributed by atoms with Crippen LogP contribution in [-0.4, -0.2) is 27.4 Å². The lowest BCUT2D eigenvalue weighted by Crippen LogP contribution is -2.60. The molecule has 7 heteroatoms. The first-order valence-corrected chi connectivity index (χ1v) is 10.7. The van der Waals surface area contributed by atoms with E-state index in [9.17, 15) is 9.59 Å². The SMILES string of the molecule is Cc1csc(NC(=O)C23CC4CC(CC(OC(=O)c5ccccn5)(C4)C2)C3)n1. The molecule has 0 saturated heterocycles. The van der Waals surface area contributed by atoms with Gasteiger partial charge in [0.15, 0.2) is 5.13 Å². The quantitative estimate of drug-likeness (QED) is 0.789. The molecule has 0 radical (unpaired) electrons. The van der Waals surface area contributed by atoms with Crippen molar-refractivity contribution in [3.8, 4) is 0 Å². The Morgan fingerprint density at radius 1 is 1.21 bits per heavy atom. The van der Waals surface area contributed by atoms with E-state index in [0.717, 1.165) is 37.8 Å². The number of anilines is 1. The molecule has 28 heavy (non-hydrogen) atoms. The smallest absolute Gasteiger partial charge is 0.357 e. The largest absolute Gasteiger partial charge is 0.454 e. The van der Waals surface area contributed by atoms with Gasteiger partial charge in [-0.2, -0.15) is 0 Å². The average Bonchev–Trinajstić information content (AvgIpc) is 3.05. The van der Waals surface area contributed by atoms with Gasteiger partial charge in [-0.1, -0.05) is 6.07 Å². The van der Waals surface area contributed by atoms with E-state index < -0.39 is 11.0 Å².